The molecule has 1 aliphatic heterocycles. The topological polar surface area (TPSA) is 364 Å². The first-order valence-corrected chi connectivity index (χ1v) is 33.7. The summed E-state index contributed by atoms with van der Waals surface area (Å²) in [4.78, 5) is 88.8. The number of hydrogen-bond acceptors (Lipinski definition) is 18. The van der Waals surface area contributed by atoms with Crippen LogP contribution < -0.4 is 16.4 Å². The van der Waals surface area contributed by atoms with Crippen LogP contribution in [0.5, 0.6) is 0 Å². The summed E-state index contributed by atoms with van der Waals surface area (Å²) >= 11 is 1.16. The van der Waals surface area contributed by atoms with Crippen molar-refractivity contribution in [2.24, 2.45) is 5.41 Å². The molecule has 10 N–H and O–H groups in total. The summed E-state index contributed by atoms with van der Waals surface area (Å²) in [6.07, 6.45) is 36.7. The lowest BCUT2D eigenvalue weighted by Crippen LogP contribution is -2.46. The summed E-state index contributed by atoms with van der Waals surface area (Å²) in [6.45, 7) is 2.81. The van der Waals surface area contributed by atoms with Gasteiger partial charge in [0.2, 0.25) is 11.8 Å². The number of phosphoric ester groups is 3. The summed E-state index contributed by atoms with van der Waals surface area (Å²) in [6, 6.07) is 0. The Morgan fingerprint density at radius 3 is 1.88 bits per heavy atom. The minimum absolute atomic E-state index is 0.0331. The monoisotopic (exact) mass is 1220 g/mol. The molecule has 7 atom stereocenters. The quantitative estimate of drug-likeness (QED) is 0.0169. The van der Waals surface area contributed by atoms with E-state index >= 15 is 0 Å². The van der Waals surface area contributed by atoms with Crippen molar-refractivity contribution in [3.63, 3.8) is 0 Å². The van der Waals surface area contributed by atoms with Gasteiger partial charge in [0.25, 0.3) is 0 Å². The van der Waals surface area contributed by atoms with Crippen molar-refractivity contribution < 1.29 is 80.5 Å². The number of aliphatic hydroxyl groups excluding tert-OH is 2. The maximum Gasteiger partial charge on any atom is 0.481 e. The SMILES string of the molecule is CCCCC/C=C\C/C=C\C/C=C\C/C=C\CCCCCCCCCCCCCCCC(=O)SCCNC(=O)CCNC(=O)[C@H](O)C(C)(C)COP(=O)(O)OP(=O)(O)OC[C@H]1O[C@@H](n2cnc3c(N)ncnc32)[C@H](O)[C@@H]1OP(=O)(O)O. The molecule has 24 nitrogen and oxygen atoms in total. The number of nitrogen functional groups attached to an aromatic ring is 1. The number of unbranched alkanes of at least 4 members (excludes halogenated alkanes) is 16. The van der Waals surface area contributed by atoms with Gasteiger partial charge in [0.05, 0.1) is 19.5 Å². The van der Waals surface area contributed by atoms with Gasteiger partial charge in [0.15, 0.2) is 22.8 Å². The highest BCUT2D eigenvalue weighted by molar-refractivity contribution is 8.13. The average Bonchev–Trinajstić information content (AvgIpc) is 4.11. The number of phosphoric acid groups is 3. The third kappa shape index (κ3) is 30.8. The van der Waals surface area contributed by atoms with Gasteiger partial charge in [0.1, 0.15) is 36.3 Å². The summed E-state index contributed by atoms with van der Waals surface area (Å²) in [5.41, 5.74) is 4.29. The molecule has 0 bridgehead atoms. The summed E-state index contributed by atoms with van der Waals surface area (Å²) < 4.78 is 62.6. The van der Waals surface area contributed by atoms with E-state index < -0.39 is 84.6 Å². The van der Waals surface area contributed by atoms with E-state index in [1.807, 2.05) is 0 Å². The van der Waals surface area contributed by atoms with E-state index in [0.717, 1.165) is 67.5 Å². The van der Waals surface area contributed by atoms with Gasteiger partial charge in [-0.05, 0) is 51.4 Å². The Morgan fingerprint density at radius 1 is 0.753 bits per heavy atom. The zero-order valence-electron chi connectivity index (χ0n) is 47.2. The molecule has 1 aliphatic rings. The normalized spacial score (nSPS) is 19.1. The lowest BCUT2D eigenvalue weighted by Gasteiger charge is -2.30. The molecule has 0 saturated carbocycles. The van der Waals surface area contributed by atoms with Crippen LogP contribution >= 0.6 is 35.2 Å². The van der Waals surface area contributed by atoms with Crippen LogP contribution in [0.3, 0.4) is 0 Å². The van der Waals surface area contributed by atoms with Crippen molar-refractivity contribution in [2.75, 3.05) is 37.8 Å². The Kier molecular flexibility index (Phi) is 34.7. The summed E-state index contributed by atoms with van der Waals surface area (Å²) in [5.74, 6) is -1.03. The van der Waals surface area contributed by atoms with Gasteiger partial charge in [-0.15, -0.1) is 0 Å². The molecule has 2 unspecified atom stereocenters. The maximum atomic E-state index is 12.8. The minimum Gasteiger partial charge on any atom is -0.386 e. The molecular weight excluding hydrogens is 1130 g/mol. The number of nitrogens with zero attached hydrogens (tertiary/aromatic N) is 4. The number of rotatable bonds is 45. The largest absolute Gasteiger partial charge is 0.481 e. The van der Waals surface area contributed by atoms with Crippen molar-refractivity contribution in [1.82, 2.24) is 30.2 Å². The lowest BCUT2D eigenvalue weighted by atomic mass is 9.87. The predicted octanol–water partition coefficient (Wildman–Crippen LogP) is 9.49. The molecular formula is C53H90N7O17P3S. The Morgan fingerprint density at radius 2 is 1.30 bits per heavy atom. The molecule has 2 aromatic heterocycles. The first kappa shape index (κ1) is 71.8. The number of carbonyl (C=O) groups is 3. The third-order valence-electron chi connectivity index (χ3n) is 13.0. The number of hydrogen-bond donors (Lipinski definition) is 9. The van der Waals surface area contributed by atoms with Crippen LogP contribution in [0.2, 0.25) is 0 Å². The molecule has 0 aromatic carbocycles. The van der Waals surface area contributed by atoms with Crippen LogP contribution in [-0.2, 0) is 50.7 Å². The summed E-state index contributed by atoms with van der Waals surface area (Å²) in [7, 11) is -16.4. The zero-order chi connectivity index (χ0) is 59.6. The molecule has 0 aliphatic carbocycles. The average molecular weight is 1220 g/mol. The Bertz CT molecular complexity index is 2440. The van der Waals surface area contributed by atoms with E-state index in [4.69, 9.17) is 19.5 Å². The second kappa shape index (κ2) is 39.2. The number of nitrogens with one attached hydrogen (secondary N) is 2. The molecule has 2 amide bonds. The van der Waals surface area contributed by atoms with Crippen LogP contribution in [0, 0.1) is 5.41 Å². The zero-order valence-corrected chi connectivity index (χ0v) is 50.7. The van der Waals surface area contributed by atoms with E-state index in [1.165, 1.54) is 110 Å². The van der Waals surface area contributed by atoms with Gasteiger partial charge in [0, 0.05) is 37.1 Å². The van der Waals surface area contributed by atoms with Crippen molar-refractivity contribution in [3.8, 4) is 0 Å². The number of allylic oxidation sites excluding steroid dienone is 8. The number of anilines is 1. The second-order valence-corrected chi connectivity index (χ2v) is 25.9. The number of carbonyl (C=O) groups excluding carboxylic acids is 3. The number of fused-ring (bicyclic) bond motifs is 1. The van der Waals surface area contributed by atoms with E-state index in [0.29, 0.717) is 12.2 Å². The standard InChI is InChI=1S/C53H90N7O17P3S/c1-4-5-6-7-8-9-10-11-12-13-14-15-16-17-18-19-20-21-22-23-24-25-26-27-28-29-30-31-32-33-44(62)81-37-36-55-43(61)34-35-56-51(65)48(64)53(2,3)39-74-80(71,72)77-79(69,70)73-38-42-47(76-78(66,67)68)46(63)52(75-42)60-41-59-45-49(54)57-40-58-50(45)60/h8-9,11-12,14-15,17-18,40-42,46-48,52,63-64H,4-7,10,13,16,19-39H2,1-3H3,(H,55,61)(H,56,65)(H,69,70)(H,71,72)(H2,54,57,58)(H2,66,67,68)/b9-8-,12-11-,15-14-,18-17-/t42-,46-,47-,48+,52-/m1/s1. The molecule has 1 saturated heterocycles. The van der Waals surface area contributed by atoms with Crippen LogP contribution in [0.1, 0.15) is 175 Å². The van der Waals surface area contributed by atoms with Crippen LogP contribution in [0.25, 0.3) is 11.2 Å². The van der Waals surface area contributed by atoms with E-state index in [1.54, 1.807) is 0 Å². The number of thioether (sulfide) groups is 1. The number of ether oxygens (including phenoxy) is 1. The molecule has 28 heteroatoms. The van der Waals surface area contributed by atoms with Crippen molar-refractivity contribution in [3.05, 3.63) is 61.3 Å². The fourth-order valence-electron chi connectivity index (χ4n) is 8.40. The van der Waals surface area contributed by atoms with Gasteiger partial charge in [-0.1, -0.05) is 165 Å². The van der Waals surface area contributed by atoms with Crippen molar-refractivity contribution >= 4 is 69.1 Å². The number of nitrogens with two attached hydrogens (primary N) is 1. The highest BCUT2D eigenvalue weighted by Gasteiger charge is 2.50. The molecule has 81 heavy (non-hydrogen) atoms. The van der Waals surface area contributed by atoms with Crippen LogP contribution in [-0.4, -0.2) is 123 Å². The number of aliphatic hydroxyl groups is 2. The fourth-order valence-corrected chi connectivity index (χ4v) is 12.0. The second-order valence-electron chi connectivity index (χ2n) is 20.5. The Balaban J connectivity index is 1.16. The van der Waals surface area contributed by atoms with Gasteiger partial charge in [-0.3, -0.25) is 32.5 Å². The first-order chi connectivity index (χ1) is 38.6. The van der Waals surface area contributed by atoms with Crippen LogP contribution in [0.15, 0.2) is 61.3 Å². The number of amides is 2. The third-order valence-corrected chi connectivity index (χ3v) is 17.0. The van der Waals surface area contributed by atoms with Crippen molar-refractivity contribution in [1.29, 1.82) is 0 Å². The first-order valence-electron chi connectivity index (χ1n) is 28.2. The lowest BCUT2D eigenvalue weighted by molar-refractivity contribution is -0.137. The molecule has 2 aromatic rings. The highest BCUT2D eigenvalue weighted by Crippen LogP contribution is 2.61. The minimum atomic E-state index is -5.58. The molecule has 0 spiro atoms. The highest BCUT2D eigenvalue weighted by atomic mass is 32.2. The smallest absolute Gasteiger partial charge is 0.386 e. The Hall–Kier alpha value is -3.48. The predicted molar refractivity (Wildman–Crippen MR) is 311 cm³/mol. The van der Waals surface area contributed by atoms with Gasteiger partial charge in [-0.25, -0.2) is 28.6 Å². The molecule has 3 rings (SSSR count). The van der Waals surface area contributed by atoms with E-state index in [-0.39, 0.29) is 41.6 Å². The van der Waals surface area contributed by atoms with E-state index in [2.05, 4.69) is 90.0 Å². The molecule has 3 heterocycles. The molecule has 1 fully saturated rings. The summed E-state index contributed by atoms with van der Waals surface area (Å²) in [5, 5.41) is 26.8. The number of aromatic nitrogens is 4. The van der Waals surface area contributed by atoms with Gasteiger partial charge < -0.3 is 50.9 Å². The van der Waals surface area contributed by atoms with Gasteiger partial charge >= 0.3 is 23.5 Å². The van der Waals surface area contributed by atoms with Crippen molar-refractivity contribution in [2.45, 2.75) is 199 Å². The maximum absolute atomic E-state index is 12.8. The number of imidazole rings is 1. The molecule has 460 valence electrons. The van der Waals surface area contributed by atoms with E-state index in [9.17, 15) is 57.9 Å². The Labute approximate surface area is 481 Å². The molecule has 0 radical (unpaired) electrons. The van der Waals surface area contributed by atoms with Crippen LogP contribution in [0.4, 0.5) is 5.82 Å². The van der Waals surface area contributed by atoms with Gasteiger partial charge in [-0.2, -0.15) is 4.31 Å². The fraction of sp³-hybridized carbons (Fsp3) is 0.698.